The van der Waals surface area contributed by atoms with Gasteiger partial charge in [0.1, 0.15) is 24.1 Å². The molecule has 2 aromatic rings. The molecule has 0 aliphatic carbocycles. The standard InChI is InChI=1S/C32H43N3O11/c1-4-42-31(36)28-20-26(24-8-10-25(41-3)11-9-24)30(21-34(28)32(37)44-16-6-17-46-35(38)39)45-22-23-7-12-29-27(19-23)33(14-18-43-29)13-5-15-40-2/h7-12,19,26,28,30H,4-6,13-18,20-22H2,1-3H3. The summed E-state index contributed by atoms with van der Waals surface area (Å²) < 4.78 is 33.7. The first-order valence-electron chi connectivity index (χ1n) is 15.5. The van der Waals surface area contributed by atoms with Gasteiger partial charge in [-0.05, 0) is 55.2 Å². The second kappa shape index (κ2) is 17.4. The number of fused-ring (bicyclic) bond motifs is 1. The van der Waals surface area contributed by atoms with Gasteiger partial charge in [-0.25, -0.2) is 9.59 Å². The Labute approximate surface area is 268 Å². The molecule has 0 aromatic heterocycles. The van der Waals surface area contributed by atoms with Gasteiger partial charge in [-0.15, -0.1) is 10.1 Å². The fourth-order valence-electron chi connectivity index (χ4n) is 5.69. The van der Waals surface area contributed by atoms with Crippen molar-refractivity contribution in [3.8, 4) is 11.5 Å². The van der Waals surface area contributed by atoms with Crippen molar-refractivity contribution >= 4 is 17.7 Å². The van der Waals surface area contributed by atoms with Crippen LogP contribution >= 0.6 is 0 Å². The van der Waals surface area contributed by atoms with Crippen LogP contribution in [-0.2, 0) is 35.2 Å². The van der Waals surface area contributed by atoms with Gasteiger partial charge in [0.05, 0.1) is 58.4 Å². The highest BCUT2D eigenvalue weighted by Crippen LogP contribution is 2.37. The van der Waals surface area contributed by atoms with Crippen LogP contribution in [0, 0.1) is 10.1 Å². The van der Waals surface area contributed by atoms with E-state index in [1.807, 2.05) is 36.4 Å². The molecule has 0 saturated carbocycles. The first-order valence-corrected chi connectivity index (χ1v) is 15.5. The number of esters is 1. The number of ether oxygens (including phenoxy) is 6. The average molecular weight is 646 g/mol. The van der Waals surface area contributed by atoms with E-state index in [0.29, 0.717) is 19.0 Å². The minimum absolute atomic E-state index is 0.0571. The van der Waals surface area contributed by atoms with E-state index in [0.717, 1.165) is 42.1 Å². The van der Waals surface area contributed by atoms with E-state index in [9.17, 15) is 19.7 Å². The highest BCUT2D eigenvalue weighted by atomic mass is 16.9. The third kappa shape index (κ3) is 9.36. The Morgan fingerprint density at radius 2 is 1.85 bits per heavy atom. The summed E-state index contributed by atoms with van der Waals surface area (Å²) in [7, 11) is 3.28. The number of anilines is 1. The predicted molar refractivity (Wildman–Crippen MR) is 166 cm³/mol. The van der Waals surface area contributed by atoms with Gasteiger partial charge >= 0.3 is 12.1 Å². The quantitative estimate of drug-likeness (QED) is 0.113. The zero-order valence-corrected chi connectivity index (χ0v) is 26.6. The minimum Gasteiger partial charge on any atom is -0.497 e. The van der Waals surface area contributed by atoms with Gasteiger partial charge in [0.2, 0.25) is 0 Å². The number of benzene rings is 2. The van der Waals surface area contributed by atoms with Gasteiger partial charge in [-0.3, -0.25) is 4.90 Å². The van der Waals surface area contributed by atoms with E-state index in [1.54, 1.807) is 21.1 Å². The van der Waals surface area contributed by atoms with Crippen LogP contribution in [0.25, 0.3) is 0 Å². The smallest absolute Gasteiger partial charge is 0.410 e. The molecule has 0 N–H and O–H groups in total. The van der Waals surface area contributed by atoms with Crippen LogP contribution in [0.15, 0.2) is 42.5 Å². The molecule has 2 heterocycles. The van der Waals surface area contributed by atoms with Crippen LogP contribution in [0.3, 0.4) is 0 Å². The third-order valence-corrected chi connectivity index (χ3v) is 7.95. The minimum atomic E-state index is -0.920. The van der Waals surface area contributed by atoms with E-state index in [-0.39, 0.29) is 51.7 Å². The number of hydrogen-bond donors (Lipinski definition) is 0. The SMILES string of the molecule is CCOC(=O)C1CC(c2ccc(OC)cc2)C(OCc2ccc3c(c2)N(CCCOC)CCO3)CN1C(=O)OCCCO[N+](=O)[O-]. The molecule has 0 radical (unpaired) electrons. The monoisotopic (exact) mass is 645 g/mol. The summed E-state index contributed by atoms with van der Waals surface area (Å²) in [6, 6.07) is 12.6. The van der Waals surface area contributed by atoms with Crippen molar-refractivity contribution in [2.24, 2.45) is 0 Å². The molecular weight excluding hydrogens is 602 g/mol. The number of hydrogen-bond acceptors (Lipinski definition) is 12. The molecule has 14 nitrogen and oxygen atoms in total. The Hall–Kier alpha value is -4.30. The summed E-state index contributed by atoms with van der Waals surface area (Å²) in [6.45, 7) is 4.70. The zero-order valence-electron chi connectivity index (χ0n) is 26.6. The summed E-state index contributed by atoms with van der Waals surface area (Å²) in [5, 5.41) is 9.53. The van der Waals surface area contributed by atoms with Gasteiger partial charge in [0.25, 0.3) is 5.09 Å². The Kier molecular flexibility index (Phi) is 13.1. The fraction of sp³-hybridized carbons (Fsp3) is 0.562. The summed E-state index contributed by atoms with van der Waals surface area (Å²) in [5.41, 5.74) is 2.85. The van der Waals surface area contributed by atoms with E-state index >= 15 is 0 Å². The second-order valence-electron chi connectivity index (χ2n) is 10.9. The zero-order chi connectivity index (χ0) is 32.9. The van der Waals surface area contributed by atoms with E-state index in [4.69, 9.17) is 28.4 Å². The highest BCUT2D eigenvalue weighted by Gasteiger charge is 2.44. The Balaban J connectivity index is 1.54. The average Bonchev–Trinajstić information content (AvgIpc) is 3.07. The van der Waals surface area contributed by atoms with Crippen molar-refractivity contribution in [1.82, 2.24) is 4.90 Å². The van der Waals surface area contributed by atoms with E-state index < -0.39 is 29.3 Å². The van der Waals surface area contributed by atoms with Crippen LogP contribution < -0.4 is 14.4 Å². The van der Waals surface area contributed by atoms with E-state index in [2.05, 4.69) is 15.8 Å². The molecule has 252 valence electrons. The van der Waals surface area contributed by atoms with Crippen LogP contribution in [0.4, 0.5) is 10.5 Å². The fourth-order valence-corrected chi connectivity index (χ4v) is 5.69. The summed E-state index contributed by atoms with van der Waals surface area (Å²) in [4.78, 5) is 44.8. The van der Waals surface area contributed by atoms with Gasteiger partial charge in [0, 0.05) is 32.6 Å². The number of piperidine rings is 1. The largest absolute Gasteiger partial charge is 0.497 e. The normalized spacial score (nSPS) is 19.1. The number of carbonyl (C=O) groups excluding carboxylic acids is 2. The molecule has 4 rings (SSSR count). The van der Waals surface area contributed by atoms with Crippen molar-refractivity contribution in [3.05, 3.63) is 63.7 Å². The van der Waals surface area contributed by atoms with Gasteiger partial charge in [0.15, 0.2) is 0 Å². The van der Waals surface area contributed by atoms with Crippen molar-refractivity contribution in [1.29, 1.82) is 0 Å². The summed E-state index contributed by atoms with van der Waals surface area (Å²) >= 11 is 0. The number of nitrogens with zero attached hydrogens (tertiary/aromatic N) is 3. The summed E-state index contributed by atoms with van der Waals surface area (Å²) in [5.74, 6) is 0.702. The van der Waals surface area contributed by atoms with Gasteiger partial charge < -0.3 is 38.2 Å². The molecular formula is C32H43N3O11. The summed E-state index contributed by atoms with van der Waals surface area (Å²) in [6.07, 6.45) is -0.00358. The number of carbonyl (C=O) groups is 2. The molecule has 3 atom stereocenters. The van der Waals surface area contributed by atoms with E-state index in [1.165, 1.54) is 4.90 Å². The molecule has 0 bridgehead atoms. The van der Waals surface area contributed by atoms with Gasteiger partial charge in [-0.1, -0.05) is 18.2 Å². The molecule has 1 amide bonds. The first kappa shape index (κ1) is 34.6. The molecule has 3 unspecified atom stereocenters. The topological polar surface area (TPSA) is 148 Å². The number of rotatable bonds is 16. The van der Waals surface area contributed by atoms with Crippen LogP contribution in [0.5, 0.6) is 11.5 Å². The van der Waals surface area contributed by atoms with Crippen molar-refractivity contribution in [3.63, 3.8) is 0 Å². The maximum atomic E-state index is 13.3. The molecule has 2 aromatic carbocycles. The number of amides is 1. The first-order chi connectivity index (χ1) is 22.3. The highest BCUT2D eigenvalue weighted by molar-refractivity contribution is 5.82. The Bertz CT molecular complexity index is 1290. The lowest BCUT2D eigenvalue weighted by atomic mass is 9.83. The maximum absolute atomic E-state index is 13.3. The predicted octanol–water partition coefficient (Wildman–Crippen LogP) is 3.97. The lowest BCUT2D eigenvalue weighted by molar-refractivity contribution is -0.757. The Morgan fingerprint density at radius 3 is 2.57 bits per heavy atom. The van der Waals surface area contributed by atoms with Crippen LogP contribution in [0.2, 0.25) is 0 Å². The lowest BCUT2D eigenvalue weighted by Gasteiger charge is -2.42. The second-order valence-corrected chi connectivity index (χ2v) is 10.9. The third-order valence-electron chi connectivity index (χ3n) is 7.95. The van der Waals surface area contributed by atoms with Crippen LogP contribution in [-0.4, -0.2) is 101 Å². The molecule has 2 aliphatic heterocycles. The number of likely N-dealkylation sites (tertiary alicyclic amines) is 1. The molecule has 1 saturated heterocycles. The van der Waals surface area contributed by atoms with Crippen molar-refractivity contribution in [2.75, 3.05) is 71.8 Å². The molecule has 14 heteroatoms. The van der Waals surface area contributed by atoms with Crippen LogP contribution in [0.1, 0.15) is 43.2 Å². The Morgan fingerprint density at radius 1 is 1.04 bits per heavy atom. The number of methoxy groups -OCH3 is 2. The van der Waals surface area contributed by atoms with Gasteiger partial charge in [-0.2, -0.15) is 0 Å². The molecule has 46 heavy (non-hydrogen) atoms. The lowest BCUT2D eigenvalue weighted by Crippen LogP contribution is -2.56. The van der Waals surface area contributed by atoms with Crippen molar-refractivity contribution in [2.45, 2.75) is 50.9 Å². The molecule has 1 fully saturated rings. The molecule has 2 aliphatic rings. The van der Waals surface area contributed by atoms with Crippen molar-refractivity contribution < 1.29 is 47.9 Å². The molecule has 0 spiro atoms. The maximum Gasteiger partial charge on any atom is 0.410 e.